The lowest BCUT2D eigenvalue weighted by atomic mass is 9.97. The fraction of sp³-hybridized carbons (Fsp3) is 0.143. The molecule has 2 aromatic carbocycles. The minimum atomic E-state index is -0.468. The van der Waals surface area contributed by atoms with Crippen molar-refractivity contribution >= 4 is 23.6 Å². The minimum Gasteiger partial charge on any atom is -0.495 e. The van der Waals surface area contributed by atoms with E-state index in [0.29, 0.717) is 28.3 Å². The molecule has 27 heavy (non-hydrogen) atoms. The topological polar surface area (TPSA) is 53.4 Å². The molecule has 0 aliphatic carbocycles. The minimum absolute atomic E-state index is 0.346. The number of halogens is 1. The second kappa shape index (κ2) is 8.10. The summed E-state index contributed by atoms with van der Waals surface area (Å²) >= 11 is 6.46. The standard InChI is InChI=1S/C21H19ClN2O3/c1-4-17-18(21(25)27-3)13-15(20(26-2)19(17)22)12-14-6-8-16(9-7-14)24-11-5-10-23-24/h4-11,13H,1,12H2,2-3H3. The molecule has 0 amide bonds. The lowest BCUT2D eigenvalue weighted by Gasteiger charge is -2.16. The normalized spacial score (nSPS) is 10.5. The number of aromatic nitrogens is 2. The summed E-state index contributed by atoms with van der Waals surface area (Å²) in [6.07, 6.45) is 5.69. The van der Waals surface area contributed by atoms with Crippen molar-refractivity contribution in [2.45, 2.75) is 6.42 Å². The van der Waals surface area contributed by atoms with Crippen LogP contribution >= 0.6 is 11.6 Å². The molecule has 1 heterocycles. The maximum atomic E-state index is 12.1. The Morgan fingerprint density at radius 1 is 1.30 bits per heavy atom. The van der Waals surface area contributed by atoms with Crippen LogP contribution in [0.25, 0.3) is 11.8 Å². The van der Waals surface area contributed by atoms with Crippen molar-refractivity contribution in [2.24, 2.45) is 0 Å². The number of carbonyl (C=O) groups is 1. The molecule has 0 fully saturated rings. The van der Waals surface area contributed by atoms with Crippen molar-refractivity contribution in [3.63, 3.8) is 0 Å². The summed E-state index contributed by atoms with van der Waals surface area (Å²) in [6, 6.07) is 11.6. The van der Waals surface area contributed by atoms with Crippen LogP contribution in [0.15, 0.2) is 55.4 Å². The zero-order valence-electron chi connectivity index (χ0n) is 15.1. The Bertz CT molecular complexity index is 964. The van der Waals surface area contributed by atoms with Gasteiger partial charge in [-0.05, 0) is 29.8 Å². The molecule has 0 N–H and O–H groups in total. The molecular weight excluding hydrogens is 364 g/mol. The summed E-state index contributed by atoms with van der Waals surface area (Å²) in [7, 11) is 2.89. The van der Waals surface area contributed by atoms with E-state index in [0.717, 1.165) is 16.8 Å². The monoisotopic (exact) mass is 382 g/mol. The van der Waals surface area contributed by atoms with Crippen LogP contribution in [0.1, 0.15) is 27.0 Å². The molecule has 0 unspecified atom stereocenters. The van der Waals surface area contributed by atoms with Crippen LogP contribution in [0.2, 0.25) is 5.02 Å². The predicted octanol–water partition coefficient (Wildman–Crippen LogP) is 4.55. The van der Waals surface area contributed by atoms with Crippen molar-refractivity contribution in [1.82, 2.24) is 9.78 Å². The highest BCUT2D eigenvalue weighted by atomic mass is 35.5. The van der Waals surface area contributed by atoms with Crippen molar-refractivity contribution < 1.29 is 14.3 Å². The zero-order valence-corrected chi connectivity index (χ0v) is 15.9. The van der Waals surface area contributed by atoms with E-state index >= 15 is 0 Å². The van der Waals surface area contributed by atoms with Gasteiger partial charge in [0.25, 0.3) is 0 Å². The van der Waals surface area contributed by atoms with Crippen LogP contribution in [0.5, 0.6) is 5.75 Å². The number of benzene rings is 2. The van der Waals surface area contributed by atoms with Gasteiger partial charge >= 0.3 is 5.97 Å². The van der Waals surface area contributed by atoms with E-state index in [1.165, 1.54) is 13.2 Å². The Labute approximate surface area is 162 Å². The molecule has 3 aromatic rings. The third-order valence-corrected chi connectivity index (χ3v) is 4.62. The van der Waals surface area contributed by atoms with Gasteiger partial charge < -0.3 is 9.47 Å². The van der Waals surface area contributed by atoms with Gasteiger partial charge in [0, 0.05) is 29.9 Å². The SMILES string of the molecule is C=Cc1c(C(=O)OC)cc(Cc2ccc(-n3cccn3)cc2)c(OC)c1Cl. The molecule has 0 atom stereocenters. The Balaban J connectivity index is 1.99. The number of hydrogen-bond acceptors (Lipinski definition) is 4. The number of ether oxygens (including phenoxy) is 2. The van der Waals surface area contributed by atoms with Gasteiger partial charge in [-0.1, -0.05) is 36.4 Å². The number of carbonyl (C=O) groups excluding carboxylic acids is 1. The number of nitrogens with zero attached hydrogens (tertiary/aromatic N) is 2. The van der Waals surface area contributed by atoms with Gasteiger partial charge in [-0.15, -0.1) is 0 Å². The summed E-state index contributed by atoms with van der Waals surface area (Å²) in [5, 5.41) is 4.56. The van der Waals surface area contributed by atoms with Crippen molar-refractivity contribution in [3.05, 3.63) is 82.6 Å². The van der Waals surface area contributed by atoms with Gasteiger partial charge in [0.2, 0.25) is 0 Å². The van der Waals surface area contributed by atoms with E-state index in [4.69, 9.17) is 21.1 Å². The highest BCUT2D eigenvalue weighted by Gasteiger charge is 2.20. The molecule has 0 spiro atoms. The van der Waals surface area contributed by atoms with E-state index in [9.17, 15) is 4.79 Å². The third-order valence-electron chi connectivity index (χ3n) is 4.25. The summed E-state index contributed by atoms with van der Waals surface area (Å²) < 4.78 is 12.2. The van der Waals surface area contributed by atoms with Gasteiger partial charge in [-0.25, -0.2) is 9.48 Å². The second-order valence-electron chi connectivity index (χ2n) is 5.83. The Kier molecular flexibility index (Phi) is 5.62. The number of methoxy groups -OCH3 is 2. The van der Waals surface area contributed by atoms with Gasteiger partial charge in [-0.2, -0.15) is 5.10 Å². The molecule has 0 bridgehead atoms. The van der Waals surface area contributed by atoms with Crippen LogP contribution < -0.4 is 4.74 Å². The first-order valence-electron chi connectivity index (χ1n) is 8.28. The molecule has 0 aliphatic heterocycles. The molecule has 6 heteroatoms. The molecule has 0 radical (unpaired) electrons. The number of esters is 1. The first kappa shape index (κ1) is 18.7. The van der Waals surface area contributed by atoms with E-state index in [1.54, 1.807) is 24.1 Å². The molecule has 0 saturated carbocycles. The van der Waals surface area contributed by atoms with E-state index in [1.807, 2.05) is 36.5 Å². The van der Waals surface area contributed by atoms with E-state index in [2.05, 4.69) is 11.7 Å². The Morgan fingerprint density at radius 2 is 2.04 bits per heavy atom. The average molecular weight is 383 g/mol. The highest BCUT2D eigenvalue weighted by Crippen LogP contribution is 2.37. The predicted molar refractivity (Wildman–Crippen MR) is 106 cm³/mol. The van der Waals surface area contributed by atoms with Gasteiger partial charge in [0.1, 0.15) is 5.75 Å². The van der Waals surface area contributed by atoms with Gasteiger partial charge in [-0.3, -0.25) is 0 Å². The second-order valence-corrected chi connectivity index (χ2v) is 6.21. The molecule has 0 saturated heterocycles. The lowest BCUT2D eigenvalue weighted by Crippen LogP contribution is -2.07. The van der Waals surface area contributed by atoms with Crippen molar-refractivity contribution in [1.29, 1.82) is 0 Å². The van der Waals surface area contributed by atoms with Crippen LogP contribution in [-0.4, -0.2) is 30.0 Å². The van der Waals surface area contributed by atoms with Crippen LogP contribution in [-0.2, 0) is 11.2 Å². The van der Waals surface area contributed by atoms with Crippen LogP contribution in [0.3, 0.4) is 0 Å². The first-order valence-corrected chi connectivity index (χ1v) is 8.66. The Morgan fingerprint density at radius 3 is 2.59 bits per heavy atom. The molecule has 1 aromatic heterocycles. The summed E-state index contributed by atoms with van der Waals surface area (Å²) in [5.74, 6) is 0.0557. The molecule has 0 aliphatic rings. The fourth-order valence-electron chi connectivity index (χ4n) is 2.94. The van der Waals surface area contributed by atoms with Crippen LogP contribution in [0.4, 0.5) is 0 Å². The Hall–Kier alpha value is -3.05. The quantitative estimate of drug-likeness (QED) is 0.587. The summed E-state index contributed by atoms with van der Waals surface area (Å²) in [6.45, 7) is 3.74. The third kappa shape index (κ3) is 3.73. The first-order chi connectivity index (χ1) is 13.1. The molecule has 3 rings (SSSR count). The fourth-order valence-corrected chi connectivity index (χ4v) is 3.31. The van der Waals surface area contributed by atoms with Crippen molar-refractivity contribution in [2.75, 3.05) is 14.2 Å². The van der Waals surface area contributed by atoms with Crippen LogP contribution in [0, 0.1) is 0 Å². The highest BCUT2D eigenvalue weighted by molar-refractivity contribution is 6.34. The maximum absolute atomic E-state index is 12.1. The molecule has 138 valence electrons. The molecule has 5 nitrogen and oxygen atoms in total. The largest absolute Gasteiger partial charge is 0.495 e. The zero-order chi connectivity index (χ0) is 19.4. The molecular formula is C21H19ClN2O3. The summed E-state index contributed by atoms with van der Waals surface area (Å²) in [5.41, 5.74) is 3.66. The lowest BCUT2D eigenvalue weighted by molar-refractivity contribution is 0.0600. The number of rotatable bonds is 6. The maximum Gasteiger partial charge on any atom is 0.338 e. The van der Waals surface area contributed by atoms with Gasteiger partial charge in [0.15, 0.2) is 0 Å². The van der Waals surface area contributed by atoms with E-state index in [-0.39, 0.29) is 0 Å². The van der Waals surface area contributed by atoms with Crippen molar-refractivity contribution in [3.8, 4) is 11.4 Å². The number of hydrogen-bond donors (Lipinski definition) is 0. The van der Waals surface area contributed by atoms with E-state index < -0.39 is 5.97 Å². The van der Waals surface area contributed by atoms with Gasteiger partial charge in [0.05, 0.1) is 30.5 Å². The average Bonchev–Trinajstić information content (AvgIpc) is 3.22. The smallest absolute Gasteiger partial charge is 0.338 e. The summed E-state index contributed by atoms with van der Waals surface area (Å²) in [4.78, 5) is 12.1.